The van der Waals surface area contributed by atoms with Gasteiger partial charge in [-0.3, -0.25) is 0 Å². The third kappa shape index (κ3) is 2.83. The zero-order valence-electron chi connectivity index (χ0n) is 11.2. The van der Waals surface area contributed by atoms with Crippen molar-refractivity contribution in [3.8, 4) is 0 Å². The first-order valence-electron chi connectivity index (χ1n) is 6.17. The molecule has 1 heterocycles. The van der Waals surface area contributed by atoms with E-state index in [1.807, 2.05) is 6.07 Å². The molecule has 1 unspecified atom stereocenters. The molecule has 0 aromatic heterocycles. The number of anilines is 2. The predicted octanol–water partition coefficient (Wildman–Crippen LogP) is 0.0565. The lowest BCUT2D eigenvalue weighted by Crippen LogP contribution is -2.50. The normalized spacial score (nSPS) is 21.6. The maximum atomic E-state index is 11.5. The number of nitrogen functional groups attached to an aromatic ring is 1. The van der Waals surface area contributed by atoms with Crippen LogP contribution in [-0.4, -0.2) is 46.0 Å². The predicted molar refractivity (Wildman–Crippen MR) is 76.5 cm³/mol. The van der Waals surface area contributed by atoms with Crippen LogP contribution in [0.3, 0.4) is 0 Å². The van der Waals surface area contributed by atoms with E-state index in [0.29, 0.717) is 0 Å². The fourth-order valence-corrected chi connectivity index (χ4v) is 3.21. The first-order chi connectivity index (χ1) is 8.80. The van der Waals surface area contributed by atoms with E-state index in [1.165, 1.54) is 6.07 Å². The molecule has 0 bridgehead atoms. The third-order valence-corrected chi connectivity index (χ3v) is 4.46. The minimum absolute atomic E-state index is 0.00359. The SMILES string of the molecule is CC1CN(C)CCN1c1cccc(S(N)(=O)=O)c1N. The summed E-state index contributed by atoms with van der Waals surface area (Å²) in [6.45, 7) is 4.75. The number of nitrogens with two attached hydrogens (primary N) is 2. The highest BCUT2D eigenvalue weighted by Crippen LogP contribution is 2.31. The summed E-state index contributed by atoms with van der Waals surface area (Å²) >= 11 is 0. The number of nitrogens with zero attached hydrogens (tertiary/aromatic N) is 2. The average molecular weight is 284 g/mol. The average Bonchev–Trinajstić information content (AvgIpc) is 2.28. The summed E-state index contributed by atoms with van der Waals surface area (Å²) in [4.78, 5) is 4.36. The molecule has 0 radical (unpaired) electrons. The van der Waals surface area contributed by atoms with Gasteiger partial charge < -0.3 is 15.5 Å². The standard InChI is InChI=1S/C12H20N4O2S/c1-9-8-15(2)6-7-16(9)10-4-3-5-11(12(10)13)19(14,17)18/h3-5,9H,6-8,13H2,1-2H3,(H2,14,17,18). The smallest absolute Gasteiger partial charge is 0.240 e. The fourth-order valence-electron chi connectivity index (χ4n) is 2.53. The molecule has 2 rings (SSSR count). The molecule has 1 aromatic carbocycles. The fraction of sp³-hybridized carbons (Fsp3) is 0.500. The second-order valence-electron chi connectivity index (χ2n) is 5.04. The molecule has 0 spiro atoms. The van der Waals surface area contributed by atoms with Crippen molar-refractivity contribution in [2.24, 2.45) is 5.14 Å². The van der Waals surface area contributed by atoms with Crippen molar-refractivity contribution in [3.05, 3.63) is 18.2 Å². The van der Waals surface area contributed by atoms with Gasteiger partial charge in [0.05, 0.1) is 11.4 Å². The van der Waals surface area contributed by atoms with Crippen LogP contribution in [0, 0.1) is 0 Å². The minimum Gasteiger partial charge on any atom is -0.396 e. The molecular weight excluding hydrogens is 264 g/mol. The second-order valence-corrected chi connectivity index (χ2v) is 6.57. The highest BCUT2D eigenvalue weighted by atomic mass is 32.2. The van der Waals surface area contributed by atoms with Crippen LogP contribution in [0.15, 0.2) is 23.1 Å². The molecule has 1 saturated heterocycles. The van der Waals surface area contributed by atoms with Crippen molar-refractivity contribution >= 4 is 21.4 Å². The Hall–Kier alpha value is -1.31. The lowest BCUT2D eigenvalue weighted by Gasteiger charge is -2.40. The first kappa shape index (κ1) is 14.1. The van der Waals surface area contributed by atoms with Crippen molar-refractivity contribution in [2.75, 3.05) is 37.3 Å². The van der Waals surface area contributed by atoms with Gasteiger partial charge >= 0.3 is 0 Å². The maximum absolute atomic E-state index is 11.5. The molecule has 0 amide bonds. The van der Waals surface area contributed by atoms with Gasteiger partial charge in [-0.15, -0.1) is 0 Å². The summed E-state index contributed by atoms with van der Waals surface area (Å²) in [6.07, 6.45) is 0. The van der Waals surface area contributed by atoms with E-state index in [1.54, 1.807) is 6.07 Å². The number of sulfonamides is 1. The van der Waals surface area contributed by atoms with Gasteiger partial charge in [-0.05, 0) is 26.1 Å². The van der Waals surface area contributed by atoms with Crippen molar-refractivity contribution in [3.63, 3.8) is 0 Å². The molecule has 7 heteroatoms. The van der Waals surface area contributed by atoms with Gasteiger partial charge in [-0.2, -0.15) is 0 Å². The molecule has 0 saturated carbocycles. The van der Waals surface area contributed by atoms with E-state index in [4.69, 9.17) is 10.9 Å². The Morgan fingerprint density at radius 1 is 1.32 bits per heavy atom. The van der Waals surface area contributed by atoms with E-state index < -0.39 is 10.0 Å². The van der Waals surface area contributed by atoms with Crippen LogP contribution >= 0.6 is 0 Å². The number of piperazine rings is 1. The van der Waals surface area contributed by atoms with Crippen LogP contribution in [0.2, 0.25) is 0 Å². The molecule has 6 nitrogen and oxygen atoms in total. The second kappa shape index (κ2) is 4.99. The van der Waals surface area contributed by atoms with Gasteiger partial charge in [-0.25, -0.2) is 13.6 Å². The van der Waals surface area contributed by atoms with Gasteiger partial charge in [0.1, 0.15) is 4.90 Å². The molecule has 0 aliphatic carbocycles. The molecular formula is C12H20N4O2S. The number of hydrogen-bond donors (Lipinski definition) is 2. The number of rotatable bonds is 2. The van der Waals surface area contributed by atoms with E-state index in [2.05, 4.69) is 23.8 Å². The van der Waals surface area contributed by atoms with Crippen LogP contribution in [0.1, 0.15) is 6.92 Å². The topological polar surface area (TPSA) is 92.7 Å². The molecule has 1 fully saturated rings. The van der Waals surface area contributed by atoms with E-state index in [9.17, 15) is 8.42 Å². The Morgan fingerprint density at radius 2 is 2.00 bits per heavy atom. The van der Waals surface area contributed by atoms with Gasteiger partial charge in [0.15, 0.2) is 0 Å². The summed E-state index contributed by atoms with van der Waals surface area (Å²) in [5.74, 6) is 0. The third-order valence-electron chi connectivity index (χ3n) is 3.49. The van der Waals surface area contributed by atoms with Crippen LogP contribution in [-0.2, 0) is 10.0 Å². The summed E-state index contributed by atoms with van der Waals surface area (Å²) in [5.41, 5.74) is 6.96. The van der Waals surface area contributed by atoms with Crippen LogP contribution in [0.4, 0.5) is 11.4 Å². The highest BCUT2D eigenvalue weighted by molar-refractivity contribution is 7.89. The van der Waals surface area contributed by atoms with Crippen molar-refractivity contribution in [1.82, 2.24) is 4.90 Å². The summed E-state index contributed by atoms with van der Waals surface area (Å²) in [5, 5.41) is 5.18. The van der Waals surface area contributed by atoms with Crippen LogP contribution in [0.25, 0.3) is 0 Å². The van der Waals surface area contributed by atoms with Crippen LogP contribution < -0.4 is 15.8 Å². The summed E-state index contributed by atoms with van der Waals surface area (Å²) < 4.78 is 23.0. The first-order valence-corrected chi connectivity index (χ1v) is 7.72. The molecule has 106 valence electrons. The van der Waals surface area contributed by atoms with Gasteiger partial charge in [0.25, 0.3) is 0 Å². The molecule has 19 heavy (non-hydrogen) atoms. The Balaban J connectivity index is 2.41. The van der Waals surface area contributed by atoms with Crippen molar-refractivity contribution < 1.29 is 8.42 Å². The zero-order chi connectivity index (χ0) is 14.2. The van der Waals surface area contributed by atoms with Crippen molar-refractivity contribution in [1.29, 1.82) is 0 Å². The Morgan fingerprint density at radius 3 is 2.58 bits per heavy atom. The monoisotopic (exact) mass is 284 g/mol. The van der Waals surface area contributed by atoms with E-state index >= 15 is 0 Å². The van der Waals surface area contributed by atoms with Gasteiger partial charge in [0.2, 0.25) is 10.0 Å². The summed E-state index contributed by atoms with van der Waals surface area (Å²) in [7, 11) is -1.72. The lowest BCUT2D eigenvalue weighted by atomic mass is 10.1. The van der Waals surface area contributed by atoms with E-state index in [-0.39, 0.29) is 16.6 Å². The zero-order valence-corrected chi connectivity index (χ0v) is 12.0. The number of primary sulfonamides is 1. The number of benzene rings is 1. The van der Waals surface area contributed by atoms with Gasteiger partial charge in [0, 0.05) is 25.7 Å². The molecule has 1 aliphatic rings. The van der Waals surface area contributed by atoms with Crippen LogP contribution in [0.5, 0.6) is 0 Å². The summed E-state index contributed by atoms with van der Waals surface area (Å²) in [6, 6.07) is 5.23. The molecule has 4 N–H and O–H groups in total. The maximum Gasteiger partial charge on any atom is 0.240 e. The highest BCUT2D eigenvalue weighted by Gasteiger charge is 2.25. The molecule has 1 aromatic rings. The number of likely N-dealkylation sites (N-methyl/N-ethyl adjacent to an activating group) is 1. The number of hydrogen-bond acceptors (Lipinski definition) is 5. The van der Waals surface area contributed by atoms with Crippen molar-refractivity contribution in [2.45, 2.75) is 17.9 Å². The lowest BCUT2D eigenvalue weighted by molar-refractivity contribution is 0.275. The Labute approximate surface area is 114 Å². The largest absolute Gasteiger partial charge is 0.396 e. The minimum atomic E-state index is -3.78. The van der Waals surface area contributed by atoms with E-state index in [0.717, 1.165) is 25.3 Å². The number of para-hydroxylation sites is 1. The Bertz CT molecular complexity index is 573. The molecule has 1 aliphatic heterocycles. The Kier molecular flexibility index (Phi) is 3.71. The quantitative estimate of drug-likeness (QED) is 0.749. The molecule has 1 atom stereocenters. The van der Waals surface area contributed by atoms with Gasteiger partial charge in [-0.1, -0.05) is 6.07 Å².